The molecule has 2 aromatic rings. The smallest absolute Gasteiger partial charge is 0.250 e. The van der Waals surface area contributed by atoms with Gasteiger partial charge < -0.3 is 0 Å². The van der Waals surface area contributed by atoms with Crippen molar-refractivity contribution in [2.45, 2.75) is 4.90 Å². The number of allylic oxidation sites excluding steroid dienone is 1. The quantitative estimate of drug-likeness (QED) is 0.503. The van der Waals surface area contributed by atoms with Crippen LogP contribution in [0.15, 0.2) is 76.7 Å². The summed E-state index contributed by atoms with van der Waals surface area (Å²) in [6.07, 6.45) is 5.28. The normalized spacial score (nSPS) is 11.0. The van der Waals surface area contributed by atoms with Crippen LogP contribution in [-0.2, 0) is 4.79 Å². The summed E-state index contributed by atoms with van der Waals surface area (Å²) in [6.45, 7) is 0. The number of carbonyl (C=O) groups is 1. The molecular weight excluding hydrogens is 280 g/mol. The predicted octanol–water partition coefficient (Wildman–Crippen LogP) is 3.59. The Bertz CT molecular complexity index is 609. The average Bonchev–Trinajstić information content (AvgIpc) is 2.54. The van der Waals surface area contributed by atoms with E-state index in [1.54, 1.807) is 12.3 Å². The van der Waals surface area contributed by atoms with E-state index in [1.807, 2.05) is 66.7 Å². The number of hydrogen-bond donors (Lipinski definition) is 1. The zero-order valence-corrected chi connectivity index (χ0v) is 12.3. The number of benzene rings is 2. The number of carbonyl (C=O) groups excluding carboxylic acids is 1. The van der Waals surface area contributed by atoms with Crippen molar-refractivity contribution in [1.82, 2.24) is 5.43 Å². The molecule has 21 heavy (non-hydrogen) atoms. The van der Waals surface area contributed by atoms with Gasteiger partial charge in [-0.05, 0) is 23.8 Å². The third-order valence-corrected chi connectivity index (χ3v) is 3.56. The Kier molecular flexibility index (Phi) is 6.29. The molecule has 1 N–H and O–H groups in total. The Morgan fingerprint density at radius 2 is 1.71 bits per heavy atom. The SMILES string of the molecule is O=C(CSc1ccccc1)NN=C/C=C\c1ccccc1. The van der Waals surface area contributed by atoms with E-state index in [4.69, 9.17) is 0 Å². The summed E-state index contributed by atoms with van der Waals surface area (Å²) < 4.78 is 0. The van der Waals surface area contributed by atoms with E-state index >= 15 is 0 Å². The van der Waals surface area contributed by atoms with E-state index in [2.05, 4.69) is 10.5 Å². The van der Waals surface area contributed by atoms with Crippen LogP contribution < -0.4 is 5.43 Å². The van der Waals surface area contributed by atoms with Gasteiger partial charge in [0.15, 0.2) is 0 Å². The molecule has 106 valence electrons. The fourth-order valence-corrected chi connectivity index (χ4v) is 2.28. The van der Waals surface area contributed by atoms with Gasteiger partial charge in [-0.25, -0.2) is 5.43 Å². The summed E-state index contributed by atoms with van der Waals surface area (Å²) in [5.41, 5.74) is 3.59. The van der Waals surface area contributed by atoms with Crippen molar-refractivity contribution in [3.63, 3.8) is 0 Å². The first-order chi connectivity index (χ1) is 10.3. The van der Waals surface area contributed by atoms with Gasteiger partial charge in [0.2, 0.25) is 5.91 Å². The maximum absolute atomic E-state index is 11.6. The number of nitrogens with one attached hydrogen (secondary N) is 1. The van der Waals surface area contributed by atoms with Crippen molar-refractivity contribution in [2.24, 2.45) is 5.10 Å². The molecule has 0 aromatic heterocycles. The van der Waals surface area contributed by atoms with Crippen LogP contribution in [0.25, 0.3) is 6.08 Å². The molecule has 2 rings (SSSR count). The van der Waals surface area contributed by atoms with Gasteiger partial charge in [0.1, 0.15) is 0 Å². The summed E-state index contributed by atoms with van der Waals surface area (Å²) in [4.78, 5) is 12.6. The van der Waals surface area contributed by atoms with Crippen molar-refractivity contribution in [1.29, 1.82) is 0 Å². The van der Waals surface area contributed by atoms with Crippen molar-refractivity contribution in [3.8, 4) is 0 Å². The van der Waals surface area contributed by atoms with E-state index in [9.17, 15) is 4.79 Å². The van der Waals surface area contributed by atoms with E-state index < -0.39 is 0 Å². The molecule has 1 amide bonds. The number of nitrogens with zero attached hydrogens (tertiary/aromatic N) is 1. The Morgan fingerprint density at radius 3 is 2.43 bits per heavy atom. The Labute approximate surface area is 128 Å². The fourth-order valence-electron chi connectivity index (χ4n) is 1.57. The van der Waals surface area contributed by atoms with Gasteiger partial charge in [-0.2, -0.15) is 5.10 Å². The standard InChI is InChI=1S/C17H16N2OS/c20-17(14-21-16-11-5-2-6-12-16)19-18-13-7-10-15-8-3-1-4-9-15/h1-13H,14H2,(H,19,20)/b10-7-,18-13?. The molecule has 0 saturated carbocycles. The first kappa shape index (κ1) is 15.1. The average molecular weight is 296 g/mol. The molecule has 0 saturated heterocycles. The van der Waals surface area contributed by atoms with Crippen LogP contribution >= 0.6 is 11.8 Å². The van der Waals surface area contributed by atoms with E-state index in [0.717, 1.165) is 10.5 Å². The second-order valence-electron chi connectivity index (χ2n) is 4.18. The van der Waals surface area contributed by atoms with Crippen molar-refractivity contribution in [3.05, 3.63) is 72.3 Å². The Hall–Kier alpha value is -2.33. The molecular formula is C17H16N2OS. The highest BCUT2D eigenvalue weighted by atomic mass is 32.2. The lowest BCUT2D eigenvalue weighted by Gasteiger charge is -1.99. The Balaban J connectivity index is 1.69. The second kappa shape index (κ2) is 8.76. The summed E-state index contributed by atoms with van der Waals surface area (Å²) in [5.74, 6) is 0.234. The molecule has 0 fully saturated rings. The highest BCUT2D eigenvalue weighted by Gasteiger charge is 2.00. The third-order valence-electron chi connectivity index (χ3n) is 2.55. The maximum atomic E-state index is 11.6. The minimum absolute atomic E-state index is 0.117. The monoisotopic (exact) mass is 296 g/mol. The minimum atomic E-state index is -0.117. The zero-order valence-electron chi connectivity index (χ0n) is 11.5. The highest BCUT2D eigenvalue weighted by Crippen LogP contribution is 2.15. The molecule has 2 aromatic carbocycles. The number of amides is 1. The van der Waals surface area contributed by atoms with Gasteiger partial charge in [-0.1, -0.05) is 54.6 Å². The van der Waals surface area contributed by atoms with Gasteiger partial charge >= 0.3 is 0 Å². The van der Waals surface area contributed by atoms with Crippen LogP contribution in [0.1, 0.15) is 5.56 Å². The summed E-state index contributed by atoms with van der Waals surface area (Å²) in [7, 11) is 0. The number of rotatable bonds is 6. The molecule has 0 spiro atoms. The predicted molar refractivity (Wildman–Crippen MR) is 89.3 cm³/mol. The topological polar surface area (TPSA) is 41.5 Å². The molecule has 0 atom stereocenters. The van der Waals surface area contributed by atoms with Crippen LogP contribution in [0.5, 0.6) is 0 Å². The van der Waals surface area contributed by atoms with Gasteiger partial charge in [0, 0.05) is 11.1 Å². The summed E-state index contributed by atoms with van der Waals surface area (Å²) >= 11 is 1.49. The van der Waals surface area contributed by atoms with Crippen LogP contribution in [0.3, 0.4) is 0 Å². The Morgan fingerprint density at radius 1 is 1.05 bits per heavy atom. The van der Waals surface area contributed by atoms with Crippen LogP contribution in [0.4, 0.5) is 0 Å². The van der Waals surface area contributed by atoms with Gasteiger partial charge in [-0.3, -0.25) is 4.79 Å². The van der Waals surface area contributed by atoms with Crippen molar-refractivity contribution in [2.75, 3.05) is 5.75 Å². The molecule has 0 bridgehead atoms. The fraction of sp³-hybridized carbons (Fsp3) is 0.0588. The van der Waals surface area contributed by atoms with Gasteiger partial charge in [-0.15, -0.1) is 11.8 Å². The summed E-state index contributed by atoms with van der Waals surface area (Å²) in [5, 5.41) is 3.87. The lowest BCUT2D eigenvalue weighted by atomic mass is 10.2. The molecule has 0 radical (unpaired) electrons. The summed E-state index contributed by atoms with van der Waals surface area (Å²) in [6, 6.07) is 19.7. The molecule has 0 aliphatic heterocycles. The van der Waals surface area contributed by atoms with Gasteiger partial charge in [0.05, 0.1) is 5.75 Å². The van der Waals surface area contributed by atoms with Crippen molar-refractivity contribution < 1.29 is 4.79 Å². The van der Waals surface area contributed by atoms with Gasteiger partial charge in [0.25, 0.3) is 0 Å². The molecule has 3 nitrogen and oxygen atoms in total. The van der Waals surface area contributed by atoms with E-state index in [-0.39, 0.29) is 5.91 Å². The minimum Gasteiger partial charge on any atom is -0.272 e. The molecule has 0 unspecified atom stereocenters. The lowest BCUT2D eigenvalue weighted by molar-refractivity contribution is -0.118. The number of hydrogen-bond acceptors (Lipinski definition) is 3. The first-order valence-electron chi connectivity index (χ1n) is 6.56. The number of thioether (sulfide) groups is 1. The zero-order chi connectivity index (χ0) is 14.8. The molecule has 0 heterocycles. The highest BCUT2D eigenvalue weighted by molar-refractivity contribution is 8.00. The maximum Gasteiger partial charge on any atom is 0.250 e. The van der Waals surface area contributed by atoms with E-state index in [1.165, 1.54) is 11.8 Å². The largest absolute Gasteiger partial charge is 0.272 e. The van der Waals surface area contributed by atoms with E-state index in [0.29, 0.717) is 5.75 Å². The second-order valence-corrected chi connectivity index (χ2v) is 5.23. The number of hydrazone groups is 1. The third kappa shape index (κ3) is 6.10. The first-order valence-corrected chi connectivity index (χ1v) is 7.54. The van der Waals surface area contributed by atoms with Crippen LogP contribution in [-0.4, -0.2) is 17.9 Å². The van der Waals surface area contributed by atoms with Crippen LogP contribution in [0, 0.1) is 0 Å². The molecule has 0 aliphatic rings. The molecule has 0 aliphatic carbocycles. The molecule has 4 heteroatoms. The van der Waals surface area contributed by atoms with Crippen LogP contribution in [0.2, 0.25) is 0 Å². The lowest BCUT2D eigenvalue weighted by Crippen LogP contribution is -2.19. The van der Waals surface area contributed by atoms with Crippen molar-refractivity contribution >= 4 is 30.0 Å².